The van der Waals surface area contributed by atoms with Crippen LogP contribution in [-0.2, 0) is 19.1 Å². The highest BCUT2D eigenvalue weighted by Crippen LogP contribution is 2.48. The van der Waals surface area contributed by atoms with E-state index in [1.807, 2.05) is 6.07 Å². The molecule has 0 radical (unpaired) electrons. The van der Waals surface area contributed by atoms with Gasteiger partial charge in [0, 0.05) is 10.0 Å². The number of methoxy groups -OCH3 is 1. The van der Waals surface area contributed by atoms with Crippen LogP contribution in [0.4, 0.5) is 0 Å². The summed E-state index contributed by atoms with van der Waals surface area (Å²) in [5.41, 5.74) is 6.25. The lowest BCUT2D eigenvalue weighted by atomic mass is 9.79. The molecule has 0 bridgehead atoms. The van der Waals surface area contributed by atoms with Crippen LogP contribution in [0.15, 0.2) is 28.1 Å². The van der Waals surface area contributed by atoms with E-state index in [0.717, 1.165) is 0 Å². The lowest BCUT2D eigenvalue weighted by molar-refractivity contribution is -0.146. The highest BCUT2D eigenvalue weighted by Gasteiger charge is 2.44. The lowest BCUT2D eigenvalue weighted by Gasteiger charge is -2.30. The van der Waals surface area contributed by atoms with Crippen LogP contribution >= 0.6 is 15.9 Å². The average molecular weight is 439 g/mol. The number of carbonyl (C=O) groups is 2. The van der Waals surface area contributed by atoms with Crippen molar-refractivity contribution >= 4 is 27.9 Å². The molecule has 8 nitrogen and oxygen atoms in total. The second-order valence-electron chi connectivity index (χ2n) is 5.46. The SMILES string of the molecule is CCOC(=O)C1=C(N)Oc2c(OC)cc(Br)cc2[C@@H]1[C@@H](C#N)C(=O)OCC. The molecular formula is C18H19BrN2O6. The number of esters is 2. The van der Waals surface area contributed by atoms with Crippen molar-refractivity contribution in [2.75, 3.05) is 20.3 Å². The molecule has 144 valence electrons. The first kappa shape index (κ1) is 20.6. The minimum absolute atomic E-state index is 0.0861. The average Bonchev–Trinajstić information content (AvgIpc) is 2.62. The number of hydrogen-bond donors (Lipinski definition) is 1. The molecule has 9 heteroatoms. The lowest BCUT2D eigenvalue weighted by Crippen LogP contribution is -2.34. The van der Waals surface area contributed by atoms with E-state index in [1.54, 1.807) is 26.0 Å². The van der Waals surface area contributed by atoms with Crippen LogP contribution in [0.25, 0.3) is 0 Å². The minimum atomic E-state index is -1.33. The summed E-state index contributed by atoms with van der Waals surface area (Å²) in [5.74, 6) is -3.61. The van der Waals surface area contributed by atoms with E-state index in [0.29, 0.717) is 15.8 Å². The molecule has 27 heavy (non-hydrogen) atoms. The summed E-state index contributed by atoms with van der Waals surface area (Å²) in [6.07, 6.45) is 0. The summed E-state index contributed by atoms with van der Waals surface area (Å²) >= 11 is 3.35. The Balaban J connectivity index is 2.72. The summed E-state index contributed by atoms with van der Waals surface area (Å²) in [7, 11) is 1.44. The van der Waals surface area contributed by atoms with Crippen molar-refractivity contribution in [1.82, 2.24) is 0 Å². The van der Waals surface area contributed by atoms with Gasteiger partial charge in [-0.2, -0.15) is 5.26 Å². The summed E-state index contributed by atoms with van der Waals surface area (Å²) in [6.45, 7) is 3.44. The molecule has 0 saturated carbocycles. The van der Waals surface area contributed by atoms with Gasteiger partial charge in [-0.1, -0.05) is 15.9 Å². The van der Waals surface area contributed by atoms with Gasteiger partial charge in [0.1, 0.15) is 5.57 Å². The van der Waals surface area contributed by atoms with Crippen LogP contribution in [0, 0.1) is 17.2 Å². The van der Waals surface area contributed by atoms with E-state index >= 15 is 0 Å². The van der Waals surface area contributed by atoms with Crippen LogP contribution in [-0.4, -0.2) is 32.3 Å². The second-order valence-corrected chi connectivity index (χ2v) is 6.38. The Kier molecular flexibility index (Phi) is 6.69. The van der Waals surface area contributed by atoms with E-state index in [9.17, 15) is 14.9 Å². The predicted octanol–water partition coefficient (Wildman–Crippen LogP) is 2.37. The number of hydrogen-bond acceptors (Lipinski definition) is 8. The molecule has 1 aliphatic heterocycles. The number of rotatable bonds is 6. The van der Waals surface area contributed by atoms with Crippen LogP contribution in [0.3, 0.4) is 0 Å². The highest BCUT2D eigenvalue weighted by atomic mass is 79.9. The Morgan fingerprint density at radius 2 is 2.00 bits per heavy atom. The Morgan fingerprint density at radius 1 is 1.33 bits per heavy atom. The molecule has 0 unspecified atom stereocenters. The molecule has 2 N–H and O–H groups in total. The molecule has 0 saturated heterocycles. The van der Waals surface area contributed by atoms with Gasteiger partial charge in [-0.3, -0.25) is 4.79 Å². The number of benzene rings is 1. The summed E-state index contributed by atoms with van der Waals surface area (Å²) < 4.78 is 21.6. The summed E-state index contributed by atoms with van der Waals surface area (Å²) in [5, 5.41) is 9.66. The number of fused-ring (bicyclic) bond motifs is 1. The monoisotopic (exact) mass is 438 g/mol. The third kappa shape index (κ3) is 4.01. The van der Waals surface area contributed by atoms with Crippen molar-refractivity contribution in [2.24, 2.45) is 11.7 Å². The molecule has 2 atom stereocenters. The first-order chi connectivity index (χ1) is 12.9. The first-order valence-electron chi connectivity index (χ1n) is 8.17. The standard InChI is InChI=1S/C18H19BrN2O6/c1-4-25-17(22)11(8-20)13-10-6-9(19)7-12(24-3)15(10)27-16(21)14(13)18(23)26-5-2/h6-7,11,13H,4-5,21H2,1-3H3/t11-,13-/m1/s1. The fourth-order valence-electron chi connectivity index (χ4n) is 2.83. The van der Waals surface area contributed by atoms with E-state index in [4.69, 9.17) is 24.7 Å². The van der Waals surface area contributed by atoms with Gasteiger partial charge in [0.05, 0.1) is 32.3 Å². The van der Waals surface area contributed by atoms with Gasteiger partial charge in [0.25, 0.3) is 0 Å². The van der Waals surface area contributed by atoms with Crippen molar-refractivity contribution in [1.29, 1.82) is 5.26 Å². The minimum Gasteiger partial charge on any atom is -0.493 e. The number of halogens is 1. The van der Waals surface area contributed by atoms with Crippen LogP contribution < -0.4 is 15.2 Å². The molecule has 0 fully saturated rings. The number of nitrogens with two attached hydrogens (primary N) is 1. The van der Waals surface area contributed by atoms with Crippen molar-refractivity contribution in [3.63, 3.8) is 0 Å². The van der Waals surface area contributed by atoms with Gasteiger partial charge >= 0.3 is 11.9 Å². The fourth-order valence-corrected chi connectivity index (χ4v) is 3.29. The Bertz CT molecular complexity index is 830. The van der Waals surface area contributed by atoms with Gasteiger partial charge in [0.15, 0.2) is 17.4 Å². The Labute approximate surface area is 164 Å². The smallest absolute Gasteiger partial charge is 0.340 e. The van der Waals surface area contributed by atoms with E-state index in [2.05, 4.69) is 15.9 Å². The molecule has 1 aliphatic rings. The quantitative estimate of drug-likeness (QED) is 0.671. The maximum Gasteiger partial charge on any atom is 0.340 e. The van der Waals surface area contributed by atoms with Gasteiger partial charge in [-0.05, 0) is 26.0 Å². The van der Waals surface area contributed by atoms with Crippen molar-refractivity contribution < 1.29 is 28.5 Å². The molecule has 1 heterocycles. The zero-order valence-electron chi connectivity index (χ0n) is 15.1. The molecule has 2 rings (SSSR count). The normalized spacial score (nSPS) is 16.5. The van der Waals surface area contributed by atoms with Gasteiger partial charge in [-0.15, -0.1) is 0 Å². The largest absolute Gasteiger partial charge is 0.493 e. The van der Waals surface area contributed by atoms with E-state index < -0.39 is 23.8 Å². The molecular weight excluding hydrogens is 420 g/mol. The van der Waals surface area contributed by atoms with Gasteiger partial charge < -0.3 is 24.7 Å². The molecule has 1 aromatic carbocycles. The van der Waals surface area contributed by atoms with E-state index in [-0.39, 0.29) is 30.4 Å². The molecule has 0 amide bonds. The number of carbonyl (C=O) groups excluding carboxylic acids is 2. The maximum absolute atomic E-state index is 12.5. The summed E-state index contributed by atoms with van der Waals surface area (Å²) in [6, 6.07) is 5.20. The Hall–Kier alpha value is -2.73. The maximum atomic E-state index is 12.5. The topological polar surface area (TPSA) is 121 Å². The number of nitrogens with zero attached hydrogens (tertiary/aromatic N) is 1. The first-order valence-corrected chi connectivity index (χ1v) is 8.97. The summed E-state index contributed by atoms with van der Waals surface area (Å²) in [4.78, 5) is 24.9. The highest BCUT2D eigenvalue weighted by molar-refractivity contribution is 9.10. The zero-order chi connectivity index (χ0) is 20.1. The van der Waals surface area contributed by atoms with Crippen molar-refractivity contribution in [3.05, 3.63) is 33.6 Å². The third-order valence-electron chi connectivity index (χ3n) is 3.90. The van der Waals surface area contributed by atoms with Crippen LogP contribution in [0.2, 0.25) is 0 Å². The molecule has 0 spiro atoms. The second kappa shape index (κ2) is 8.77. The van der Waals surface area contributed by atoms with Gasteiger partial charge in [-0.25, -0.2) is 4.79 Å². The molecule has 1 aromatic rings. The predicted molar refractivity (Wildman–Crippen MR) is 97.6 cm³/mol. The van der Waals surface area contributed by atoms with Gasteiger partial charge in [0.2, 0.25) is 5.88 Å². The van der Waals surface area contributed by atoms with Crippen LogP contribution in [0.5, 0.6) is 11.5 Å². The third-order valence-corrected chi connectivity index (χ3v) is 4.36. The van der Waals surface area contributed by atoms with E-state index in [1.165, 1.54) is 7.11 Å². The zero-order valence-corrected chi connectivity index (χ0v) is 16.7. The number of nitriles is 1. The van der Waals surface area contributed by atoms with Crippen molar-refractivity contribution in [2.45, 2.75) is 19.8 Å². The molecule has 0 aliphatic carbocycles. The fraction of sp³-hybridized carbons (Fsp3) is 0.389. The molecule has 0 aromatic heterocycles. The number of ether oxygens (including phenoxy) is 4. The Morgan fingerprint density at radius 3 is 2.56 bits per heavy atom. The van der Waals surface area contributed by atoms with Crippen LogP contribution in [0.1, 0.15) is 25.3 Å². The van der Waals surface area contributed by atoms with Crippen molar-refractivity contribution in [3.8, 4) is 17.6 Å².